The smallest absolute Gasteiger partial charge is 0.230 e. The third-order valence-electron chi connectivity index (χ3n) is 3.78. The van der Waals surface area contributed by atoms with Crippen molar-refractivity contribution < 1.29 is 4.79 Å². The average molecular weight is 349 g/mol. The average Bonchev–Trinajstić information content (AvgIpc) is 2.87. The standard InChI is InChI=1S/C18H28N4OS/c1-6-22-15-10-8-7-9-14(15)20-17(22)24-11-16(23)19-12-18(2,3)13-21(4)5/h7-10H,6,11-13H2,1-5H3,(H,19,23). The molecule has 0 aliphatic rings. The molecule has 0 aliphatic carbocycles. The minimum atomic E-state index is 0.0559. The Morgan fingerprint density at radius 2 is 2.04 bits per heavy atom. The molecule has 6 heteroatoms. The third-order valence-corrected chi connectivity index (χ3v) is 4.75. The highest BCUT2D eigenvalue weighted by atomic mass is 32.2. The highest BCUT2D eigenvalue weighted by molar-refractivity contribution is 7.99. The molecule has 1 aromatic heterocycles. The van der Waals surface area contributed by atoms with Gasteiger partial charge in [-0.05, 0) is 38.6 Å². The Kier molecular flexibility index (Phi) is 6.29. The summed E-state index contributed by atoms with van der Waals surface area (Å²) < 4.78 is 2.16. The van der Waals surface area contributed by atoms with Gasteiger partial charge in [0.2, 0.25) is 5.91 Å². The summed E-state index contributed by atoms with van der Waals surface area (Å²) in [5.41, 5.74) is 2.16. The van der Waals surface area contributed by atoms with Crippen LogP contribution in [0.3, 0.4) is 0 Å². The largest absolute Gasteiger partial charge is 0.355 e. The van der Waals surface area contributed by atoms with Gasteiger partial charge in [0, 0.05) is 19.6 Å². The van der Waals surface area contributed by atoms with Crippen molar-refractivity contribution in [2.45, 2.75) is 32.5 Å². The van der Waals surface area contributed by atoms with Gasteiger partial charge < -0.3 is 14.8 Å². The molecule has 1 N–H and O–H groups in total. The Morgan fingerprint density at radius 1 is 1.33 bits per heavy atom. The number of amides is 1. The second-order valence-electron chi connectivity index (χ2n) is 7.09. The first-order valence-corrected chi connectivity index (χ1v) is 9.30. The molecule has 132 valence electrons. The molecule has 1 aromatic carbocycles. The molecule has 0 spiro atoms. The molecule has 0 radical (unpaired) electrons. The Morgan fingerprint density at radius 3 is 2.71 bits per heavy atom. The van der Waals surface area contributed by atoms with Crippen LogP contribution >= 0.6 is 11.8 Å². The van der Waals surface area contributed by atoms with Gasteiger partial charge in [0.15, 0.2) is 5.16 Å². The van der Waals surface area contributed by atoms with Crippen molar-refractivity contribution in [2.75, 3.05) is 32.9 Å². The van der Waals surface area contributed by atoms with E-state index < -0.39 is 0 Å². The van der Waals surface area contributed by atoms with Crippen molar-refractivity contribution in [3.63, 3.8) is 0 Å². The van der Waals surface area contributed by atoms with Gasteiger partial charge in [-0.15, -0.1) is 0 Å². The number of fused-ring (bicyclic) bond motifs is 1. The number of nitrogens with one attached hydrogen (secondary N) is 1. The van der Waals surface area contributed by atoms with E-state index in [4.69, 9.17) is 0 Å². The molecule has 5 nitrogen and oxygen atoms in total. The summed E-state index contributed by atoms with van der Waals surface area (Å²) in [6.07, 6.45) is 0. The van der Waals surface area contributed by atoms with E-state index in [0.29, 0.717) is 12.3 Å². The second kappa shape index (κ2) is 8.03. The van der Waals surface area contributed by atoms with Crippen molar-refractivity contribution >= 4 is 28.7 Å². The number of thioether (sulfide) groups is 1. The number of para-hydroxylation sites is 2. The maximum atomic E-state index is 12.2. The molecule has 0 atom stereocenters. The molecule has 2 rings (SSSR count). The summed E-state index contributed by atoms with van der Waals surface area (Å²) in [5.74, 6) is 0.447. The lowest BCUT2D eigenvalue weighted by molar-refractivity contribution is -0.119. The lowest BCUT2D eigenvalue weighted by Gasteiger charge is -2.28. The fourth-order valence-electron chi connectivity index (χ4n) is 2.90. The van der Waals surface area contributed by atoms with E-state index in [2.05, 4.69) is 60.7 Å². The predicted molar refractivity (Wildman–Crippen MR) is 101 cm³/mol. The van der Waals surface area contributed by atoms with Crippen molar-refractivity contribution in [1.82, 2.24) is 19.8 Å². The monoisotopic (exact) mass is 348 g/mol. The normalized spacial score (nSPS) is 12.1. The van der Waals surface area contributed by atoms with Gasteiger partial charge in [0.1, 0.15) is 0 Å². The van der Waals surface area contributed by atoms with E-state index in [1.165, 1.54) is 11.8 Å². The molecule has 1 heterocycles. The van der Waals surface area contributed by atoms with Crippen LogP contribution in [-0.2, 0) is 11.3 Å². The molecule has 0 saturated heterocycles. The number of imidazole rings is 1. The number of nitrogens with zero attached hydrogens (tertiary/aromatic N) is 3. The van der Waals surface area contributed by atoms with E-state index in [0.717, 1.165) is 29.3 Å². The predicted octanol–water partition coefficient (Wildman–Crippen LogP) is 2.85. The van der Waals surface area contributed by atoms with E-state index in [9.17, 15) is 4.79 Å². The van der Waals surface area contributed by atoms with Crippen LogP contribution in [0.5, 0.6) is 0 Å². The lowest BCUT2D eigenvalue weighted by atomic mass is 9.93. The van der Waals surface area contributed by atoms with Gasteiger partial charge in [-0.1, -0.05) is 37.7 Å². The van der Waals surface area contributed by atoms with Gasteiger partial charge in [-0.3, -0.25) is 4.79 Å². The first-order valence-electron chi connectivity index (χ1n) is 8.32. The summed E-state index contributed by atoms with van der Waals surface area (Å²) in [4.78, 5) is 19.0. The van der Waals surface area contributed by atoms with E-state index in [1.807, 2.05) is 18.2 Å². The molecule has 1 amide bonds. The van der Waals surface area contributed by atoms with Crippen LogP contribution in [0.4, 0.5) is 0 Å². The number of rotatable bonds is 8. The van der Waals surface area contributed by atoms with Gasteiger partial charge in [-0.25, -0.2) is 4.98 Å². The molecular formula is C18H28N4OS. The molecule has 0 saturated carbocycles. The molecule has 2 aromatic rings. The second-order valence-corrected chi connectivity index (χ2v) is 8.04. The van der Waals surface area contributed by atoms with E-state index >= 15 is 0 Å². The summed E-state index contributed by atoms with van der Waals surface area (Å²) in [5, 5.41) is 3.95. The zero-order valence-electron chi connectivity index (χ0n) is 15.3. The van der Waals surface area contributed by atoms with Crippen LogP contribution in [0.1, 0.15) is 20.8 Å². The zero-order chi connectivity index (χ0) is 17.7. The summed E-state index contributed by atoms with van der Waals surface area (Å²) in [7, 11) is 4.10. The number of benzene rings is 1. The zero-order valence-corrected chi connectivity index (χ0v) is 16.1. The number of carbonyl (C=O) groups is 1. The van der Waals surface area contributed by atoms with Crippen LogP contribution in [0.25, 0.3) is 11.0 Å². The Hall–Kier alpha value is -1.53. The van der Waals surface area contributed by atoms with Crippen LogP contribution in [0, 0.1) is 5.41 Å². The topological polar surface area (TPSA) is 50.2 Å². The Balaban J connectivity index is 1.92. The number of hydrogen-bond donors (Lipinski definition) is 1. The van der Waals surface area contributed by atoms with Crippen molar-refractivity contribution in [2.24, 2.45) is 5.41 Å². The quantitative estimate of drug-likeness (QED) is 0.745. The molecule has 24 heavy (non-hydrogen) atoms. The maximum Gasteiger partial charge on any atom is 0.230 e. The first kappa shape index (κ1) is 18.8. The van der Waals surface area contributed by atoms with Crippen molar-refractivity contribution in [3.05, 3.63) is 24.3 Å². The SMILES string of the molecule is CCn1c(SCC(=O)NCC(C)(C)CN(C)C)nc2ccccc21. The molecular weight excluding hydrogens is 320 g/mol. The number of hydrogen-bond acceptors (Lipinski definition) is 4. The highest BCUT2D eigenvalue weighted by Gasteiger charge is 2.20. The number of aryl methyl sites for hydroxylation is 1. The fourth-order valence-corrected chi connectivity index (χ4v) is 3.81. The van der Waals surface area contributed by atoms with E-state index in [1.54, 1.807) is 0 Å². The number of aromatic nitrogens is 2. The van der Waals surface area contributed by atoms with Gasteiger partial charge in [0.05, 0.1) is 16.8 Å². The Bertz CT molecular complexity index is 693. The van der Waals surface area contributed by atoms with Gasteiger partial charge >= 0.3 is 0 Å². The fraction of sp³-hybridized carbons (Fsp3) is 0.556. The van der Waals surface area contributed by atoms with Gasteiger partial charge in [0.25, 0.3) is 0 Å². The maximum absolute atomic E-state index is 12.2. The van der Waals surface area contributed by atoms with E-state index in [-0.39, 0.29) is 11.3 Å². The van der Waals surface area contributed by atoms with Crippen LogP contribution < -0.4 is 5.32 Å². The highest BCUT2D eigenvalue weighted by Crippen LogP contribution is 2.24. The molecule has 0 aliphatic heterocycles. The minimum absolute atomic E-state index is 0.0559. The molecule has 0 unspecified atom stereocenters. The van der Waals surface area contributed by atoms with Crippen molar-refractivity contribution in [1.29, 1.82) is 0 Å². The van der Waals surface area contributed by atoms with Crippen LogP contribution in [0.2, 0.25) is 0 Å². The van der Waals surface area contributed by atoms with Gasteiger partial charge in [-0.2, -0.15) is 0 Å². The van der Waals surface area contributed by atoms with Crippen molar-refractivity contribution in [3.8, 4) is 0 Å². The Labute approximate surface area is 148 Å². The molecule has 0 bridgehead atoms. The van der Waals surface area contributed by atoms with Crippen LogP contribution in [0.15, 0.2) is 29.4 Å². The summed E-state index contributed by atoms with van der Waals surface area (Å²) in [6.45, 7) is 8.89. The molecule has 0 fully saturated rings. The van der Waals surface area contributed by atoms with Crippen LogP contribution in [-0.4, -0.2) is 53.3 Å². The summed E-state index contributed by atoms with van der Waals surface area (Å²) >= 11 is 1.50. The lowest BCUT2D eigenvalue weighted by Crippen LogP contribution is -2.40. The summed E-state index contributed by atoms with van der Waals surface area (Å²) in [6, 6.07) is 8.09. The first-order chi connectivity index (χ1) is 11.3. The third kappa shape index (κ3) is 4.98. The number of carbonyl (C=O) groups excluding carboxylic acids is 1. The minimum Gasteiger partial charge on any atom is -0.355 e.